The fourth-order valence-electron chi connectivity index (χ4n) is 3.86. The maximum Gasteiger partial charge on any atom is 0.332 e. The second-order valence-corrected chi connectivity index (χ2v) is 9.34. The predicted octanol–water partition coefficient (Wildman–Crippen LogP) is 4.48. The van der Waals surface area contributed by atoms with Crippen LogP contribution in [0.3, 0.4) is 0 Å². The van der Waals surface area contributed by atoms with E-state index in [0.717, 1.165) is 25.1 Å². The summed E-state index contributed by atoms with van der Waals surface area (Å²) in [7, 11) is 0. The lowest BCUT2D eigenvalue weighted by molar-refractivity contribution is -0.163. The summed E-state index contributed by atoms with van der Waals surface area (Å²) in [5, 5.41) is 3.36. The third-order valence-corrected chi connectivity index (χ3v) is 5.38. The first-order valence-corrected chi connectivity index (χ1v) is 11.8. The molecule has 0 amide bonds. The molecule has 1 fully saturated rings. The second-order valence-electron chi connectivity index (χ2n) is 9.34. The normalized spacial score (nSPS) is 18.6. The van der Waals surface area contributed by atoms with E-state index in [1.54, 1.807) is 0 Å². The number of carbonyl (C=O) groups excluding carboxylic acids is 1. The highest BCUT2D eigenvalue weighted by atomic mass is 16.6. The van der Waals surface area contributed by atoms with Gasteiger partial charge in [0.2, 0.25) is 0 Å². The SMILES string of the molecule is CC(C)(C)OC(=O)COC1CNCCC1c1ccc(OCCCOCc2ccccc2)cc1. The summed E-state index contributed by atoms with van der Waals surface area (Å²) in [4.78, 5) is 12.0. The first-order valence-electron chi connectivity index (χ1n) is 11.8. The molecule has 0 aromatic heterocycles. The van der Waals surface area contributed by atoms with Gasteiger partial charge in [-0.3, -0.25) is 0 Å². The van der Waals surface area contributed by atoms with Crippen molar-refractivity contribution in [1.29, 1.82) is 0 Å². The van der Waals surface area contributed by atoms with Crippen molar-refractivity contribution >= 4 is 5.97 Å². The average Bonchev–Trinajstić information content (AvgIpc) is 2.80. The van der Waals surface area contributed by atoms with Crippen LogP contribution in [-0.2, 0) is 25.6 Å². The maximum atomic E-state index is 12.0. The van der Waals surface area contributed by atoms with Gasteiger partial charge in [0.15, 0.2) is 0 Å². The largest absolute Gasteiger partial charge is 0.494 e. The number of rotatable bonds is 11. The van der Waals surface area contributed by atoms with Crippen molar-refractivity contribution in [3.63, 3.8) is 0 Å². The number of ether oxygens (including phenoxy) is 4. The third kappa shape index (κ3) is 9.16. The molecule has 0 aliphatic carbocycles. The first kappa shape index (κ1) is 25.2. The quantitative estimate of drug-likeness (QED) is 0.398. The minimum absolute atomic E-state index is 0.0341. The lowest BCUT2D eigenvalue weighted by Crippen LogP contribution is -2.42. The van der Waals surface area contributed by atoms with Gasteiger partial charge >= 0.3 is 5.97 Å². The van der Waals surface area contributed by atoms with Crippen LogP contribution < -0.4 is 10.1 Å². The molecule has 2 aromatic rings. The number of piperidine rings is 1. The smallest absolute Gasteiger partial charge is 0.332 e. The van der Waals surface area contributed by atoms with Crippen LogP contribution in [-0.4, -0.2) is 50.6 Å². The molecule has 2 unspecified atom stereocenters. The van der Waals surface area contributed by atoms with Gasteiger partial charge in [0.1, 0.15) is 18.0 Å². The van der Waals surface area contributed by atoms with Crippen molar-refractivity contribution in [3.05, 3.63) is 65.7 Å². The van der Waals surface area contributed by atoms with Gasteiger partial charge in [-0.2, -0.15) is 0 Å². The fraction of sp³-hybridized carbons (Fsp3) is 0.519. The van der Waals surface area contributed by atoms with Gasteiger partial charge in [0.05, 0.1) is 25.9 Å². The highest BCUT2D eigenvalue weighted by Gasteiger charge is 2.28. The number of hydrogen-bond donors (Lipinski definition) is 1. The van der Waals surface area contributed by atoms with E-state index in [9.17, 15) is 4.79 Å². The molecule has 1 saturated heterocycles. The molecular formula is C27H37NO5. The van der Waals surface area contributed by atoms with Crippen LogP contribution in [0.5, 0.6) is 5.75 Å². The van der Waals surface area contributed by atoms with Crippen molar-refractivity contribution in [2.24, 2.45) is 0 Å². The van der Waals surface area contributed by atoms with E-state index < -0.39 is 5.60 Å². The summed E-state index contributed by atoms with van der Waals surface area (Å²) in [6.07, 6.45) is 1.72. The highest BCUT2D eigenvalue weighted by molar-refractivity contribution is 5.71. The summed E-state index contributed by atoms with van der Waals surface area (Å²) in [6.45, 7) is 9.09. The van der Waals surface area contributed by atoms with Crippen LogP contribution in [0.1, 0.15) is 50.7 Å². The van der Waals surface area contributed by atoms with Gasteiger partial charge in [-0.25, -0.2) is 4.79 Å². The third-order valence-electron chi connectivity index (χ3n) is 5.38. The molecular weight excluding hydrogens is 418 g/mol. The summed E-state index contributed by atoms with van der Waals surface area (Å²) < 4.78 is 22.9. The Morgan fingerprint density at radius 3 is 2.52 bits per heavy atom. The monoisotopic (exact) mass is 455 g/mol. The lowest BCUT2D eigenvalue weighted by atomic mass is 9.88. The number of hydrogen-bond acceptors (Lipinski definition) is 6. The molecule has 1 N–H and O–H groups in total. The molecule has 0 radical (unpaired) electrons. The van der Waals surface area contributed by atoms with Gasteiger partial charge in [-0.05, 0) is 57.0 Å². The molecule has 0 spiro atoms. The number of carbonyl (C=O) groups is 1. The van der Waals surface area contributed by atoms with Gasteiger partial charge in [-0.1, -0.05) is 42.5 Å². The lowest BCUT2D eigenvalue weighted by Gasteiger charge is -2.32. The maximum absolute atomic E-state index is 12.0. The standard InChI is InChI=1S/C27H37NO5/c1-27(2,3)33-26(29)20-32-25-18-28-15-14-24(25)22-10-12-23(13-11-22)31-17-7-16-30-19-21-8-5-4-6-9-21/h4-6,8-13,24-25,28H,7,14-20H2,1-3H3. The van der Waals surface area contributed by atoms with Crippen molar-refractivity contribution < 1.29 is 23.7 Å². The van der Waals surface area contributed by atoms with Crippen LogP contribution in [0.4, 0.5) is 0 Å². The zero-order valence-electron chi connectivity index (χ0n) is 20.0. The Balaban J connectivity index is 1.40. The molecule has 2 atom stereocenters. The van der Waals surface area contributed by atoms with Crippen LogP contribution in [0.25, 0.3) is 0 Å². The Hall–Kier alpha value is -2.41. The minimum Gasteiger partial charge on any atom is -0.494 e. The molecule has 0 saturated carbocycles. The molecule has 1 heterocycles. The summed E-state index contributed by atoms with van der Waals surface area (Å²) >= 11 is 0. The molecule has 6 heteroatoms. The van der Waals surface area contributed by atoms with Gasteiger partial charge in [0.25, 0.3) is 0 Å². The van der Waals surface area contributed by atoms with Crippen molar-refractivity contribution in [2.75, 3.05) is 32.9 Å². The van der Waals surface area contributed by atoms with E-state index in [1.807, 2.05) is 51.1 Å². The number of nitrogens with one attached hydrogen (secondary N) is 1. The fourth-order valence-corrected chi connectivity index (χ4v) is 3.86. The van der Waals surface area contributed by atoms with E-state index in [-0.39, 0.29) is 24.6 Å². The van der Waals surface area contributed by atoms with E-state index in [1.165, 1.54) is 11.1 Å². The Labute approximate surface area is 197 Å². The molecule has 180 valence electrons. The topological polar surface area (TPSA) is 66.0 Å². The summed E-state index contributed by atoms with van der Waals surface area (Å²) in [6, 6.07) is 18.4. The molecule has 33 heavy (non-hydrogen) atoms. The Bertz CT molecular complexity index is 832. The first-order chi connectivity index (χ1) is 15.9. The van der Waals surface area contributed by atoms with Crippen LogP contribution >= 0.6 is 0 Å². The zero-order chi connectivity index (χ0) is 23.5. The molecule has 1 aliphatic heterocycles. The Morgan fingerprint density at radius 2 is 1.79 bits per heavy atom. The number of benzene rings is 2. The highest BCUT2D eigenvalue weighted by Crippen LogP contribution is 2.29. The van der Waals surface area contributed by atoms with Crippen LogP contribution in [0.15, 0.2) is 54.6 Å². The predicted molar refractivity (Wildman–Crippen MR) is 128 cm³/mol. The summed E-state index contributed by atoms with van der Waals surface area (Å²) in [5.41, 5.74) is 1.87. The molecule has 6 nitrogen and oxygen atoms in total. The van der Waals surface area contributed by atoms with Crippen molar-refractivity contribution in [2.45, 2.75) is 57.8 Å². The van der Waals surface area contributed by atoms with E-state index in [4.69, 9.17) is 18.9 Å². The minimum atomic E-state index is -0.505. The Kier molecular flexibility index (Phi) is 9.73. The molecule has 0 bridgehead atoms. The van der Waals surface area contributed by atoms with Crippen LogP contribution in [0, 0.1) is 0 Å². The zero-order valence-corrected chi connectivity index (χ0v) is 20.0. The van der Waals surface area contributed by atoms with E-state index in [0.29, 0.717) is 26.4 Å². The molecule has 2 aromatic carbocycles. The van der Waals surface area contributed by atoms with Gasteiger partial charge < -0.3 is 24.3 Å². The average molecular weight is 456 g/mol. The van der Waals surface area contributed by atoms with E-state index >= 15 is 0 Å². The van der Waals surface area contributed by atoms with Crippen molar-refractivity contribution in [1.82, 2.24) is 5.32 Å². The number of esters is 1. The molecule has 3 rings (SSSR count). The second kappa shape index (κ2) is 12.7. The van der Waals surface area contributed by atoms with E-state index in [2.05, 4.69) is 29.6 Å². The molecule has 1 aliphatic rings. The van der Waals surface area contributed by atoms with Crippen LogP contribution in [0.2, 0.25) is 0 Å². The van der Waals surface area contributed by atoms with Crippen molar-refractivity contribution in [3.8, 4) is 5.75 Å². The van der Waals surface area contributed by atoms with Gasteiger partial charge in [-0.15, -0.1) is 0 Å². The summed E-state index contributed by atoms with van der Waals surface area (Å²) in [5.74, 6) is 0.749. The Morgan fingerprint density at radius 1 is 1.03 bits per heavy atom. The van der Waals surface area contributed by atoms with Gasteiger partial charge in [0, 0.05) is 18.9 Å².